The third-order valence-electron chi connectivity index (χ3n) is 6.04. The van der Waals surface area contributed by atoms with Gasteiger partial charge in [-0.1, -0.05) is 18.2 Å². The molecular weight excluding hydrogens is 380 g/mol. The number of nitrogens with zero attached hydrogens (tertiary/aromatic N) is 3. The first-order valence-corrected chi connectivity index (χ1v) is 10.7. The van der Waals surface area contributed by atoms with Crippen LogP contribution in [0.4, 0.5) is 0 Å². The van der Waals surface area contributed by atoms with E-state index in [0.717, 1.165) is 42.3 Å². The van der Waals surface area contributed by atoms with Gasteiger partial charge in [0.2, 0.25) is 0 Å². The number of methoxy groups -OCH3 is 1. The second kappa shape index (κ2) is 9.02. The lowest BCUT2D eigenvalue weighted by atomic mass is 10.1. The fourth-order valence-electron chi connectivity index (χ4n) is 4.47. The van der Waals surface area contributed by atoms with Crippen LogP contribution in [0, 0.1) is 0 Å². The van der Waals surface area contributed by atoms with Crippen LogP contribution in [0.25, 0.3) is 21.8 Å². The minimum absolute atomic E-state index is 0.105. The van der Waals surface area contributed by atoms with Gasteiger partial charge in [-0.15, -0.1) is 0 Å². The number of fused-ring (bicyclic) bond motifs is 3. The zero-order valence-electron chi connectivity index (χ0n) is 17.8. The van der Waals surface area contributed by atoms with E-state index in [1.807, 2.05) is 35.9 Å². The maximum atomic E-state index is 13.2. The maximum absolute atomic E-state index is 13.2. The van der Waals surface area contributed by atoms with Crippen LogP contribution in [-0.4, -0.2) is 59.8 Å². The molecule has 0 saturated carbocycles. The van der Waals surface area contributed by atoms with Crippen LogP contribution in [0.15, 0.2) is 35.3 Å². The first kappa shape index (κ1) is 20.6. The summed E-state index contributed by atoms with van der Waals surface area (Å²) in [5.74, 6) is -0.135. The largest absolute Gasteiger partial charge is 0.383 e. The van der Waals surface area contributed by atoms with Gasteiger partial charge in [-0.2, -0.15) is 0 Å². The van der Waals surface area contributed by atoms with Crippen LogP contribution in [0.5, 0.6) is 0 Å². The smallest absolute Gasteiger partial charge is 0.275 e. The average Bonchev–Trinajstić information content (AvgIpc) is 3.38. The standard InChI is InChI=1S/C23H30N4O3/c1-25-19-9-4-3-8-17(19)20-18(16-27(14-15-30-2)23(29)21(20)25)22(28)24-10-7-13-26-11-5-6-12-26/h3-4,8-9,16H,5-7,10-15H2,1-2H3,(H,24,28). The highest BCUT2D eigenvalue weighted by atomic mass is 16.5. The molecule has 0 bridgehead atoms. The first-order valence-electron chi connectivity index (χ1n) is 10.7. The number of para-hydroxylation sites is 1. The Labute approximate surface area is 176 Å². The molecule has 4 rings (SSSR count). The number of pyridine rings is 1. The molecule has 7 heteroatoms. The third kappa shape index (κ3) is 3.87. The summed E-state index contributed by atoms with van der Waals surface area (Å²) in [5.41, 5.74) is 1.93. The second-order valence-corrected chi connectivity index (χ2v) is 7.99. The third-order valence-corrected chi connectivity index (χ3v) is 6.04. The van der Waals surface area contributed by atoms with E-state index >= 15 is 0 Å². The van der Waals surface area contributed by atoms with Gasteiger partial charge in [-0.3, -0.25) is 9.59 Å². The minimum Gasteiger partial charge on any atom is -0.383 e. The summed E-state index contributed by atoms with van der Waals surface area (Å²) in [5, 5.41) is 4.72. The molecule has 0 atom stereocenters. The Morgan fingerprint density at radius 2 is 1.93 bits per heavy atom. The number of nitrogens with one attached hydrogen (secondary N) is 1. The van der Waals surface area contributed by atoms with Crippen LogP contribution in [0.1, 0.15) is 29.6 Å². The van der Waals surface area contributed by atoms with Crippen LogP contribution in [0.3, 0.4) is 0 Å². The van der Waals surface area contributed by atoms with Gasteiger partial charge in [-0.05, 0) is 45.0 Å². The van der Waals surface area contributed by atoms with Crippen molar-refractivity contribution in [1.82, 2.24) is 19.4 Å². The number of hydrogen-bond acceptors (Lipinski definition) is 4. The number of likely N-dealkylation sites (tertiary alicyclic amines) is 1. The molecule has 1 aliphatic rings. The Morgan fingerprint density at radius 3 is 2.70 bits per heavy atom. The van der Waals surface area contributed by atoms with E-state index in [4.69, 9.17) is 4.74 Å². The molecule has 0 aliphatic carbocycles. The van der Waals surface area contributed by atoms with E-state index in [2.05, 4.69) is 10.2 Å². The Hall–Kier alpha value is -2.64. The van der Waals surface area contributed by atoms with Crippen molar-refractivity contribution in [3.63, 3.8) is 0 Å². The van der Waals surface area contributed by atoms with E-state index in [1.165, 1.54) is 12.8 Å². The zero-order chi connectivity index (χ0) is 21.1. The molecule has 0 radical (unpaired) electrons. The fourth-order valence-corrected chi connectivity index (χ4v) is 4.47. The number of carbonyl (C=O) groups excluding carboxylic acids is 1. The van der Waals surface area contributed by atoms with E-state index in [0.29, 0.717) is 30.8 Å². The molecule has 1 amide bonds. The highest BCUT2D eigenvalue weighted by Crippen LogP contribution is 2.28. The number of ether oxygens (including phenoxy) is 1. The number of amides is 1. The Kier molecular flexibility index (Phi) is 6.20. The predicted molar refractivity (Wildman–Crippen MR) is 119 cm³/mol. The van der Waals surface area contributed by atoms with Gasteiger partial charge >= 0.3 is 0 Å². The van der Waals surface area contributed by atoms with Crippen LogP contribution in [-0.2, 0) is 18.3 Å². The lowest BCUT2D eigenvalue weighted by Gasteiger charge is -2.15. The van der Waals surface area contributed by atoms with Crippen molar-refractivity contribution in [3.8, 4) is 0 Å². The lowest BCUT2D eigenvalue weighted by Crippen LogP contribution is -2.31. The molecule has 1 fully saturated rings. The van der Waals surface area contributed by atoms with E-state index < -0.39 is 0 Å². The zero-order valence-corrected chi connectivity index (χ0v) is 17.8. The molecule has 0 spiro atoms. The van der Waals surface area contributed by atoms with Crippen molar-refractivity contribution in [2.75, 3.05) is 39.9 Å². The maximum Gasteiger partial charge on any atom is 0.275 e. The molecule has 160 valence electrons. The van der Waals surface area contributed by atoms with E-state index in [1.54, 1.807) is 17.9 Å². The fraction of sp³-hybridized carbons (Fsp3) is 0.478. The van der Waals surface area contributed by atoms with E-state index in [9.17, 15) is 9.59 Å². The molecule has 7 nitrogen and oxygen atoms in total. The van der Waals surface area contributed by atoms with Crippen molar-refractivity contribution < 1.29 is 9.53 Å². The molecule has 1 saturated heterocycles. The van der Waals surface area contributed by atoms with Crippen molar-refractivity contribution in [3.05, 3.63) is 46.4 Å². The predicted octanol–water partition coefficient (Wildman–Crippen LogP) is 2.36. The highest BCUT2D eigenvalue weighted by Gasteiger charge is 2.21. The summed E-state index contributed by atoms with van der Waals surface area (Å²) in [6.07, 6.45) is 5.16. The van der Waals surface area contributed by atoms with Crippen LogP contribution >= 0.6 is 0 Å². The van der Waals surface area contributed by atoms with Gasteiger partial charge in [0.25, 0.3) is 11.5 Å². The van der Waals surface area contributed by atoms with Crippen molar-refractivity contribution in [2.24, 2.45) is 7.05 Å². The van der Waals surface area contributed by atoms with Gasteiger partial charge in [0.1, 0.15) is 5.52 Å². The van der Waals surface area contributed by atoms with Crippen molar-refractivity contribution >= 4 is 27.7 Å². The molecule has 1 N–H and O–H groups in total. The normalized spacial score (nSPS) is 14.7. The number of benzene rings is 1. The topological polar surface area (TPSA) is 68.5 Å². The summed E-state index contributed by atoms with van der Waals surface area (Å²) >= 11 is 0. The molecule has 2 aromatic heterocycles. The second-order valence-electron chi connectivity index (χ2n) is 7.99. The first-order chi connectivity index (χ1) is 14.6. The molecule has 1 aromatic carbocycles. The minimum atomic E-state index is -0.135. The highest BCUT2D eigenvalue weighted by molar-refractivity contribution is 6.17. The number of rotatable bonds is 8. The Balaban J connectivity index is 1.67. The number of hydrogen-bond donors (Lipinski definition) is 1. The van der Waals surface area contributed by atoms with E-state index in [-0.39, 0.29) is 11.5 Å². The van der Waals surface area contributed by atoms with Crippen LogP contribution < -0.4 is 10.9 Å². The van der Waals surface area contributed by atoms with Gasteiger partial charge in [0, 0.05) is 49.7 Å². The molecule has 1 aliphatic heterocycles. The Bertz CT molecular complexity index is 1110. The van der Waals surface area contributed by atoms with Crippen LogP contribution in [0.2, 0.25) is 0 Å². The molecule has 30 heavy (non-hydrogen) atoms. The summed E-state index contributed by atoms with van der Waals surface area (Å²) in [6, 6.07) is 7.84. The number of carbonyl (C=O) groups is 1. The van der Waals surface area contributed by atoms with Crippen molar-refractivity contribution in [1.29, 1.82) is 0 Å². The van der Waals surface area contributed by atoms with Gasteiger partial charge in [0.05, 0.1) is 12.2 Å². The number of aromatic nitrogens is 2. The molecule has 3 heterocycles. The summed E-state index contributed by atoms with van der Waals surface area (Å²) in [6.45, 7) is 4.77. The van der Waals surface area contributed by atoms with Gasteiger partial charge in [0.15, 0.2) is 0 Å². The lowest BCUT2D eigenvalue weighted by molar-refractivity contribution is 0.0952. The van der Waals surface area contributed by atoms with Gasteiger partial charge in [-0.25, -0.2) is 0 Å². The summed E-state index contributed by atoms with van der Waals surface area (Å²) in [4.78, 5) is 28.8. The quantitative estimate of drug-likeness (QED) is 0.579. The van der Waals surface area contributed by atoms with Crippen molar-refractivity contribution in [2.45, 2.75) is 25.8 Å². The average molecular weight is 411 g/mol. The summed E-state index contributed by atoms with van der Waals surface area (Å²) in [7, 11) is 3.48. The monoisotopic (exact) mass is 410 g/mol. The number of aryl methyl sites for hydroxylation is 1. The summed E-state index contributed by atoms with van der Waals surface area (Å²) < 4.78 is 8.64. The SMILES string of the molecule is COCCn1cc(C(=O)NCCCN2CCCC2)c2c3ccccc3n(C)c2c1=O. The molecular formula is C23H30N4O3. The Morgan fingerprint density at radius 1 is 1.17 bits per heavy atom. The molecule has 0 unspecified atom stereocenters. The van der Waals surface area contributed by atoms with Gasteiger partial charge < -0.3 is 24.1 Å². The molecule has 3 aromatic rings.